The molecule has 0 aliphatic heterocycles. The monoisotopic (exact) mass is 308 g/mol. The van der Waals surface area contributed by atoms with Crippen LogP contribution >= 0.6 is 0 Å². The minimum atomic E-state index is -0.236. The van der Waals surface area contributed by atoms with Crippen molar-refractivity contribution < 1.29 is 4.74 Å². The second-order valence-corrected chi connectivity index (χ2v) is 4.96. The number of nitrogens with one attached hydrogen (secondary N) is 1. The average molecular weight is 308 g/mol. The van der Waals surface area contributed by atoms with Crippen LogP contribution in [-0.4, -0.2) is 16.9 Å². The van der Waals surface area contributed by atoms with Crippen LogP contribution in [0.1, 0.15) is 5.69 Å². The number of hydrogen-bond acceptors (Lipinski definition) is 4. The third kappa shape index (κ3) is 3.06. The van der Waals surface area contributed by atoms with Crippen molar-refractivity contribution in [2.75, 3.05) is 7.11 Å². The van der Waals surface area contributed by atoms with Gasteiger partial charge in [0.05, 0.1) is 24.2 Å². The number of benzene rings is 2. The summed E-state index contributed by atoms with van der Waals surface area (Å²) in [5, 5.41) is 11.2. The first kappa shape index (κ1) is 14.8. The molecule has 0 unspecified atom stereocenters. The van der Waals surface area contributed by atoms with Gasteiger partial charge in [0.25, 0.3) is 5.56 Å². The predicted molar refractivity (Wildman–Crippen MR) is 88.3 cm³/mol. The van der Waals surface area contributed by atoms with Crippen molar-refractivity contribution in [3.8, 4) is 11.4 Å². The molecular formula is C17H16N4O2. The van der Waals surface area contributed by atoms with Gasteiger partial charge in [0.15, 0.2) is 5.69 Å². The zero-order valence-electron chi connectivity index (χ0n) is 12.9. The molecule has 0 saturated heterocycles. The van der Waals surface area contributed by atoms with Gasteiger partial charge in [0, 0.05) is 6.07 Å². The minimum Gasteiger partial charge on any atom is -0.497 e. The molecule has 0 saturated carbocycles. The maximum absolute atomic E-state index is 12.5. The molecule has 6 nitrogen and oxygen atoms in total. The largest absolute Gasteiger partial charge is 0.497 e. The summed E-state index contributed by atoms with van der Waals surface area (Å²) in [4.78, 5) is 12.5. The molecule has 1 aromatic heterocycles. The molecule has 0 radical (unpaired) electrons. The van der Waals surface area contributed by atoms with E-state index >= 15 is 0 Å². The minimum absolute atomic E-state index is 0.236. The normalized spacial score (nSPS) is 11.0. The highest BCUT2D eigenvalue weighted by Crippen LogP contribution is 2.22. The lowest BCUT2D eigenvalue weighted by Crippen LogP contribution is -2.13. The van der Waals surface area contributed by atoms with Crippen LogP contribution in [0.25, 0.3) is 5.69 Å². The van der Waals surface area contributed by atoms with Crippen LogP contribution in [0.15, 0.2) is 69.6 Å². The Morgan fingerprint density at radius 3 is 2.57 bits per heavy atom. The smallest absolute Gasteiger partial charge is 0.299 e. The van der Waals surface area contributed by atoms with Gasteiger partial charge in [0.1, 0.15) is 5.75 Å². The van der Waals surface area contributed by atoms with Crippen molar-refractivity contribution in [1.82, 2.24) is 9.78 Å². The van der Waals surface area contributed by atoms with Crippen molar-refractivity contribution in [2.45, 2.75) is 6.92 Å². The molecule has 1 N–H and O–H groups in total. The Hall–Kier alpha value is -3.15. The van der Waals surface area contributed by atoms with Crippen LogP contribution in [0, 0.1) is 6.92 Å². The number of para-hydroxylation sites is 1. The van der Waals surface area contributed by atoms with Crippen molar-refractivity contribution in [3.05, 3.63) is 70.6 Å². The summed E-state index contributed by atoms with van der Waals surface area (Å²) in [6.45, 7) is 1.79. The Morgan fingerprint density at radius 1 is 1.04 bits per heavy atom. The van der Waals surface area contributed by atoms with E-state index in [2.05, 4.69) is 15.3 Å². The summed E-state index contributed by atoms with van der Waals surface area (Å²) >= 11 is 0. The fourth-order valence-corrected chi connectivity index (χ4v) is 2.19. The lowest BCUT2D eigenvalue weighted by atomic mass is 10.3. The highest BCUT2D eigenvalue weighted by atomic mass is 16.5. The van der Waals surface area contributed by atoms with E-state index < -0.39 is 0 Å². The zero-order chi connectivity index (χ0) is 16.2. The number of aromatic nitrogens is 2. The maximum atomic E-state index is 12.5. The number of hydrogen-bond donors (Lipinski definition) is 1. The van der Waals surface area contributed by atoms with Crippen LogP contribution in [0.4, 0.5) is 11.4 Å². The Balaban J connectivity index is 1.96. The molecule has 0 atom stereocenters. The van der Waals surface area contributed by atoms with Gasteiger partial charge in [-0.1, -0.05) is 24.3 Å². The number of H-pyrrole nitrogens is 1. The highest BCUT2D eigenvalue weighted by molar-refractivity contribution is 5.46. The second kappa shape index (κ2) is 6.31. The third-order valence-electron chi connectivity index (χ3n) is 3.37. The molecule has 1 heterocycles. The third-order valence-corrected chi connectivity index (χ3v) is 3.37. The van der Waals surface area contributed by atoms with Gasteiger partial charge in [-0.05, 0) is 31.2 Å². The van der Waals surface area contributed by atoms with Gasteiger partial charge in [-0.2, -0.15) is 5.11 Å². The van der Waals surface area contributed by atoms with E-state index in [4.69, 9.17) is 4.74 Å². The van der Waals surface area contributed by atoms with Crippen LogP contribution in [-0.2, 0) is 0 Å². The number of ether oxygens (including phenoxy) is 1. The van der Waals surface area contributed by atoms with Crippen LogP contribution in [0.3, 0.4) is 0 Å². The summed E-state index contributed by atoms with van der Waals surface area (Å²) in [6.07, 6.45) is 0. The first-order valence-corrected chi connectivity index (χ1v) is 7.12. The number of nitrogens with zero attached hydrogens (tertiary/aromatic N) is 3. The van der Waals surface area contributed by atoms with Gasteiger partial charge < -0.3 is 4.74 Å². The number of aromatic amines is 1. The Bertz CT molecular complexity index is 894. The van der Waals surface area contributed by atoms with E-state index in [0.717, 1.165) is 5.69 Å². The van der Waals surface area contributed by atoms with Crippen molar-refractivity contribution in [3.63, 3.8) is 0 Å². The molecular weight excluding hydrogens is 292 g/mol. The quantitative estimate of drug-likeness (QED) is 0.742. The number of azo groups is 1. The van der Waals surface area contributed by atoms with Crippen LogP contribution in [0.5, 0.6) is 5.75 Å². The lowest BCUT2D eigenvalue weighted by Gasteiger charge is -1.99. The van der Waals surface area contributed by atoms with E-state index in [9.17, 15) is 4.79 Å². The lowest BCUT2D eigenvalue weighted by molar-refractivity contribution is 0.415. The fraction of sp³-hybridized carbons (Fsp3) is 0.118. The summed E-state index contributed by atoms with van der Waals surface area (Å²) in [6, 6.07) is 16.5. The molecule has 3 rings (SSSR count). The van der Waals surface area contributed by atoms with Gasteiger partial charge in [-0.15, -0.1) is 5.11 Å². The number of rotatable bonds is 4. The van der Waals surface area contributed by atoms with Crippen molar-refractivity contribution >= 4 is 11.4 Å². The van der Waals surface area contributed by atoms with E-state index in [1.807, 2.05) is 42.5 Å². The molecule has 23 heavy (non-hydrogen) atoms. The van der Waals surface area contributed by atoms with E-state index in [-0.39, 0.29) is 11.2 Å². The van der Waals surface area contributed by atoms with E-state index in [1.54, 1.807) is 26.2 Å². The number of methoxy groups -OCH3 is 1. The SMILES string of the molecule is COc1cccc(N=Nc2c(C)[nH]n(-c3ccccc3)c2=O)c1. The zero-order valence-corrected chi connectivity index (χ0v) is 12.9. The molecule has 0 aliphatic rings. The Kier molecular flexibility index (Phi) is 4.05. The van der Waals surface area contributed by atoms with Crippen LogP contribution < -0.4 is 10.3 Å². The summed E-state index contributed by atoms with van der Waals surface area (Å²) in [7, 11) is 1.59. The van der Waals surface area contributed by atoms with Crippen molar-refractivity contribution in [1.29, 1.82) is 0 Å². The van der Waals surface area contributed by atoms with E-state index in [0.29, 0.717) is 17.1 Å². The second-order valence-electron chi connectivity index (χ2n) is 4.96. The molecule has 0 amide bonds. The molecule has 2 aromatic carbocycles. The molecule has 0 bridgehead atoms. The molecule has 0 spiro atoms. The highest BCUT2D eigenvalue weighted by Gasteiger charge is 2.11. The van der Waals surface area contributed by atoms with E-state index in [1.165, 1.54) is 4.68 Å². The molecule has 6 heteroatoms. The van der Waals surface area contributed by atoms with Crippen molar-refractivity contribution in [2.24, 2.45) is 10.2 Å². The molecule has 3 aromatic rings. The number of aryl methyl sites for hydroxylation is 1. The van der Waals surface area contributed by atoms with Crippen LogP contribution in [0.2, 0.25) is 0 Å². The molecule has 116 valence electrons. The molecule has 0 aliphatic carbocycles. The standard InChI is InChI=1S/C17H16N4O2/c1-12-16(19-18-13-7-6-10-15(11-13)23-2)17(22)21(20-12)14-8-4-3-5-9-14/h3-11,20H,1-2H3. The summed E-state index contributed by atoms with van der Waals surface area (Å²) in [5.41, 5.74) is 2.08. The molecule has 0 fully saturated rings. The maximum Gasteiger partial charge on any atom is 0.299 e. The van der Waals surface area contributed by atoms with Gasteiger partial charge in [0.2, 0.25) is 0 Å². The summed E-state index contributed by atoms with van der Waals surface area (Å²) < 4.78 is 6.60. The first-order chi connectivity index (χ1) is 11.2. The summed E-state index contributed by atoms with van der Waals surface area (Å²) in [5.74, 6) is 0.689. The Morgan fingerprint density at radius 2 is 1.83 bits per heavy atom. The Labute approximate surface area is 133 Å². The fourth-order valence-electron chi connectivity index (χ4n) is 2.19. The van der Waals surface area contributed by atoms with Gasteiger partial charge in [-0.25, -0.2) is 4.68 Å². The van der Waals surface area contributed by atoms with Gasteiger partial charge >= 0.3 is 0 Å². The van der Waals surface area contributed by atoms with Gasteiger partial charge in [-0.3, -0.25) is 9.89 Å². The first-order valence-electron chi connectivity index (χ1n) is 7.12. The topological polar surface area (TPSA) is 71.7 Å². The average Bonchev–Trinajstić information content (AvgIpc) is 2.88. The predicted octanol–water partition coefficient (Wildman–Crippen LogP) is 3.90.